The molecule has 0 amide bonds. The van der Waals surface area contributed by atoms with Crippen molar-refractivity contribution < 1.29 is 9.53 Å². The van der Waals surface area contributed by atoms with Crippen molar-refractivity contribution >= 4 is 17.4 Å². The van der Waals surface area contributed by atoms with E-state index >= 15 is 0 Å². The molecule has 0 bridgehead atoms. The first kappa shape index (κ1) is 14.4. The van der Waals surface area contributed by atoms with Gasteiger partial charge in [0.05, 0.1) is 7.11 Å². The van der Waals surface area contributed by atoms with Crippen LogP contribution in [0.15, 0.2) is 18.2 Å². The van der Waals surface area contributed by atoms with Gasteiger partial charge in [0.1, 0.15) is 11.5 Å². The van der Waals surface area contributed by atoms with Gasteiger partial charge in [-0.2, -0.15) is 0 Å². The number of halogens is 1. The second-order valence-electron chi connectivity index (χ2n) is 5.14. The molecule has 19 heavy (non-hydrogen) atoms. The lowest BCUT2D eigenvalue weighted by Crippen LogP contribution is -2.37. The monoisotopic (exact) mass is 281 g/mol. The van der Waals surface area contributed by atoms with E-state index < -0.39 is 0 Å². The zero-order valence-electron chi connectivity index (χ0n) is 11.5. The van der Waals surface area contributed by atoms with Crippen LogP contribution in [0.1, 0.15) is 25.3 Å². The van der Waals surface area contributed by atoms with Gasteiger partial charge in [0.15, 0.2) is 0 Å². The second kappa shape index (κ2) is 6.40. The Labute approximate surface area is 119 Å². The molecule has 0 spiro atoms. The molecule has 0 aromatic heterocycles. The number of carbonyl (C=O) groups is 1. The SMILES string of the molecule is COc1ccc(Cl)cc1CN1CCCC(C(C)=O)C1. The van der Waals surface area contributed by atoms with E-state index in [1.165, 1.54) is 0 Å². The molecule has 0 radical (unpaired) electrons. The first-order valence-corrected chi connectivity index (χ1v) is 7.03. The summed E-state index contributed by atoms with van der Waals surface area (Å²) in [5.41, 5.74) is 1.08. The maximum absolute atomic E-state index is 11.5. The van der Waals surface area contributed by atoms with Gasteiger partial charge in [0, 0.05) is 29.6 Å². The Morgan fingerprint density at radius 2 is 2.32 bits per heavy atom. The largest absolute Gasteiger partial charge is 0.496 e. The molecule has 1 aliphatic rings. The summed E-state index contributed by atoms with van der Waals surface area (Å²) in [6.45, 7) is 4.34. The number of hydrogen-bond donors (Lipinski definition) is 0. The van der Waals surface area contributed by atoms with Crippen LogP contribution in [-0.2, 0) is 11.3 Å². The molecule has 1 fully saturated rings. The van der Waals surface area contributed by atoms with E-state index in [4.69, 9.17) is 16.3 Å². The molecule has 2 rings (SSSR count). The molecule has 1 atom stereocenters. The maximum Gasteiger partial charge on any atom is 0.134 e. The predicted molar refractivity (Wildman–Crippen MR) is 76.7 cm³/mol. The number of rotatable bonds is 4. The van der Waals surface area contributed by atoms with Crippen LogP contribution >= 0.6 is 11.6 Å². The standard InChI is InChI=1S/C15H20ClNO2/c1-11(18)12-4-3-7-17(9-12)10-13-8-14(16)5-6-15(13)19-2/h5-6,8,12H,3-4,7,9-10H2,1-2H3. The summed E-state index contributed by atoms with van der Waals surface area (Å²) < 4.78 is 5.36. The Kier molecular flexibility index (Phi) is 4.83. The van der Waals surface area contributed by atoms with Crippen LogP contribution in [-0.4, -0.2) is 30.9 Å². The Morgan fingerprint density at radius 1 is 1.53 bits per heavy atom. The highest BCUT2D eigenvalue weighted by Crippen LogP contribution is 2.26. The third kappa shape index (κ3) is 3.71. The van der Waals surface area contributed by atoms with Crippen molar-refractivity contribution in [3.05, 3.63) is 28.8 Å². The Hall–Kier alpha value is -1.06. The Balaban J connectivity index is 2.08. The fraction of sp³-hybridized carbons (Fsp3) is 0.533. The Bertz CT molecular complexity index is 461. The van der Waals surface area contributed by atoms with Crippen molar-refractivity contribution in [2.75, 3.05) is 20.2 Å². The molecule has 1 aliphatic heterocycles. The second-order valence-corrected chi connectivity index (χ2v) is 5.58. The number of hydrogen-bond acceptors (Lipinski definition) is 3. The van der Waals surface area contributed by atoms with E-state index in [2.05, 4.69) is 4.90 Å². The van der Waals surface area contributed by atoms with Crippen LogP contribution in [0.25, 0.3) is 0 Å². The van der Waals surface area contributed by atoms with E-state index in [0.29, 0.717) is 5.78 Å². The molecule has 1 aromatic carbocycles. The molecule has 0 aliphatic carbocycles. The normalized spacial score (nSPS) is 20.3. The average Bonchev–Trinajstić information content (AvgIpc) is 2.39. The minimum Gasteiger partial charge on any atom is -0.496 e. The summed E-state index contributed by atoms with van der Waals surface area (Å²) in [5, 5.41) is 0.718. The third-order valence-corrected chi connectivity index (χ3v) is 3.95. The van der Waals surface area contributed by atoms with Gasteiger partial charge in [-0.05, 0) is 44.5 Å². The van der Waals surface area contributed by atoms with E-state index in [-0.39, 0.29) is 5.92 Å². The number of nitrogens with zero attached hydrogens (tertiary/aromatic N) is 1. The third-order valence-electron chi connectivity index (χ3n) is 3.72. The summed E-state index contributed by atoms with van der Waals surface area (Å²) in [6.07, 6.45) is 2.09. The number of carbonyl (C=O) groups excluding carboxylic acids is 1. The first-order valence-electron chi connectivity index (χ1n) is 6.65. The lowest BCUT2D eigenvalue weighted by atomic mass is 9.94. The molecular weight excluding hydrogens is 262 g/mol. The molecule has 3 nitrogen and oxygen atoms in total. The van der Waals surface area contributed by atoms with E-state index in [9.17, 15) is 4.79 Å². The topological polar surface area (TPSA) is 29.5 Å². The zero-order valence-corrected chi connectivity index (χ0v) is 12.2. The number of Topliss-reactive ketones (excluding diaryl/α,β-unsaturated/α-hetero) is 1. The van der Waals surface area contributed by atoms with Crippen LogP contribution in [0.2, 0.25) is 5.02 Å². The van der Waals surface area contributed by atoms with Gasteiger partial charge in [0.25, 0.3) is 0 Å². The molecule has 0 N–H and O–H groups in total. The fourth-order valence-electron chi connectivity index (χ4n) is 2.64. The number of likely N-dealkylation sites (tertiary alicyclic amines) is 1. The van der Waals surface area contributed by atoms with E-state index in [1.54, 1.807) is 14.0 Å². The van der Waals surface area contributed by atoms with Gasteiger partial charge in [-0.1, -0.05) is 11.6 Å². The molecule has 104 valence electrons. The maximum atomic E-state index is 11.5. The zero-order chi connectivity index (χ0) is 13.8. The highest BCUT2D eigenvalue weighted by Gasteiger charge is 2.23. The van der Waals surface area contributed by atoms with Crippen LogP contribution in [0.5, 0.6) is 5.75 Å². The van der Waals surface area contributed by atoms with Gasteiger partial charge in [-0.15, -0.1) is 0 Å². The van der Waals surface area contributed by atoms with Crippen LogP contribution < -0.4 is 4.74 Å². The minimum absolute atomic E-state index is 0.180. The molecule has 1 unspecified atom stereocenters. The predicted octanol–water partition coefficient (Wildman–Crippen LogP) is 3.15. The molecule has 1 aromatic rings. The minimum atomic E-state index is 0.180. The van der Waals surface area contributed by atoms with Crippen LogP contribution in [0, 0.1) is 5.92 Å². The van der Waals surface area contributed by atoms with Crippen LogP contribution in [0.3, 0.4) is 0 Å². The van der Waals surface area contributed by atoms with E-state index in [1.807, 2.05) is 18.2 Å². The summed E-state index contributed by atoms with van der Waals surface area (Å²) in [7, 11) is 1.67. The summed E-state index contributed by atoms with van der Waals surface area (Å²) >= 11 is 6.04. The summed E-state index contributed by atoms with van der Waals surface area (Å²) in [6, 6.07) is 5.67. The quantitative estimate of drug-likeness (QED) is 0.849. The Morgan fingerprint density at radius 3 is 3.00 bits per heavy atom. The lowest BCUT2D eigenvalue weighted by molar-refractivity contribution is -0.122. The van der Waals surface area contributed by atoms with Gasteiger partial charge in [-0.25, -0.2) is 0 Å². The summed E-state index contributed by atoms with van der Waals surface area (Å²) in [5.74, 6) is 1.33. The van der Waals surface area contributed by atoms with Crippen molar-refractivity contribution in [3.8, 4) is 5.75 Å². The molecule has 1 heterocycles. The van der Waals surface area contributed by atoms with Crippen molar-refractivity contribution in [1.29, 1.82) is 0 Å². The number of piperidine rings is 1. The van der Waals surface area contributed by atoms with Gasteiger partial charge < -0.3 is 4.74 Å². The molecule has 4 heteroatoms. The molecule has 0 saturated carbocycles. The highest BCUT2D eigenvalue weighted by molar-refractivity contribution is 6.30. The van der Waals surface area contributed by atoms with Gasteiger partial charge >= 0.3 is 0 Å². The highest BCUT2D eigenvalue weighted by atomic mass is 35.5. The van der Waals surface area contributed by atoms with E-state index in [0.717, 1.165) is 48.8 Å². The first-order chi connectivity index (χ1) is 9.10. The van der Waals surface area contributed by atoms with Crippen LogP contribution in [0.4, 0.5) is 0 Å². The summed E-state index contributed by atoms with van der Waals surface area (Å²) in [4.78, 5) is 13.8. The van der Waals surface area contributed by atoms with Crippen molar-refractivity contribution in [1.82, 2.24) is 4.90 Å². The number of ether oxygens (including phenoxy) is 1. The molecular formula is C15H20ClNO2. The van der Waals surface area contributed by atoms with Gasteiger partial charge in [-0.3, -0.25) is 9.69 Å². The van der Waals surface area contributed by atoms with Crippen molar-refractivity contribution in [3.63, 3.8) is 0 Å². The van der Waals surface area contributed by atoms with Gasteiger partial charge in [0.2, 0.25) is 0 Å². The number of benzene rings is 1. The number of ketones is 1. The average molecular weight is 282 g/mol. The smallest absolute Gasteiger partial charge is 0.134 e. The van der Waals surface area contributed by atoms with Crippen molar-refractivity contribution in [2.24, 2.45) is 5.92 Å². The van der Waals surface area contributed by atoms with Crippen molar-refractivity contribution in [2.45, 2.75) is 26.3 Å². The fourth-order valence-corrected chi connectivity index (χ4v) is 2.84. The molecule has 1 saturated heterocycles. The number of methoxy groups -OCH3 is 1. The lowest BCUT2D eigenvalue weighted by Gasteiger charge is -2.31.